The van der Waals surface area contributed by atoms with E-state index in [0.717, 1.165) is 0 Å². The number of nitrogens with zero attached hydrogens (tertiary/aromatic N) is 2. The summed E-state index contributed by atoms with van der Waals surface area (Å²) in [4.78, 5) is 24.0. The van der Waals surface area contributed by atoms with E-state index in [9.17, 15) is 23.3 Å². The van der Waals surface area contributed by atoms with Crippen molar-refractivity contribution in [3.05, 3.63) is 64.2 Å². The van der Waals surface area contributed by atoms with E-state index in [0.29, 0.717) is 11.3 Å². The third-order valence-corrected chi connectivity index (χ3v) is 4.83. The van der Waals surface area contributed by atoms with Crippen molar-refractivity contribution >= 4 is 27.4 Å². The van der Waals surface area contributed by atoms with Crippen LogP contribution in [0, 0.1) is 10.1 Å². The van der Waals surface area contributed by atoms with Gasteiger partial charge in [-0.1, -0.05) is 18.2 Å². The van der Waals surface area contributed by atoms with Crippen LogP contribution in [-0.2, 0) is 10.0 Å². The van der Waals surface area contributed by atoms with Crippen molar-refractivity contribution in [3.63, 3.8) is 0 Å². The molecule has 0 heterocycles. The number of nitro groups is 1. The lowest BCUT2D eigenvalue weighted by molar-refractivity contribution is -0.384. The fraction of sp³-hybridized carbons (Fsp3) is 0.188. The fourth-order valence-corrected chi connectivity index (χ4v) is 2.76. The number of rotatable bonds is 5. The number of amides is 2. The molecular formula is C16H18N4O5S. The Bertz CT molecular complexity index is 928. The standard InChI is InChI=1S/C16H18N4O5S/c1-11(12-6-8-15(9-7-12)26(17,24)25)19(2)16(21)18-13-4-3-5-14(10-13)20(22)23/h3-11H,1-2H3,(H,18,21)(H2,17,24,25). The molecule has 0 fully saturated rings. The summed E-state index contributed by atoms with van der Waals surface area (Å²) in [6.07, 6.45) is 0. The average Bonchev–Trinajstić information content (AvgIpc) is 2.60. The normalized spacial score (nSPS) is 12.3. The van der Waals surface area contributed by atoms with Gasteiger partial charge >= 0.3 is 6.03 Å². The van der Waals surface area contributed by atoms with Gasteiger partial charge < -0.3 is 10.2 Å². The van der Waals surface area contributed by atoms with E-state index in [1.807, 2.05) is 0 Å². The first kappa shape index (κ1) is 19.3. The highest BCUT2D eigenvalue weighted by Gasteiger charge is 2.19. The number of hydrogen-bond donors (Lipinski definition) is 2. The summed E-state index contributed by atoms with van der Waals surface area (Å²) >= 11 is 0. The summed E-state index contributed by atoms with van der Waals surface area (Å²) in [5.74, 6) is 0. The number of urea groups is 1. The molecule has 26 heavy (non-hydrogen) atoms. The largest absolute Gasteiger partial charge is 0.322 e. The molecule has 1 atom stereocenters. The quantitative estimate of drug-likeness (QED) is 0.608. The maximum atomic E-state index is 12.4. The first-order chi connectivity index (χ1) is 12.1. The molecule has 2 aromatic rings. The topological polar surface area (TPSA) is 136 Å². The number of hydrogen-bond acceptors (Lipinski definition) is 5. The number of nitrogens with one attached hydrogen (secondary N) is 1. The molecule has 0 bridgehead atoms. The molecule has 138 valence electrons. The lowest BCUT2D eigenvalue weighted by atomic mass is 10.1. The number of nitro benzene ring substituents is 1. The predicted octanol–water partition coefficient (Wildman–Crippen LogP) is 2.47. The highest BCUT2D eigenvalue weighted by Crippen LogP contribution is 2.22. The Hall–Kier alpha value is -2.98. The van der Waals surface area contributed by atoms with Crippen LogP contribution in [0.25, 0.3) is 0 Å². The summed E-state index contributed by atoms with van der Waals surface area (Å²) in [7, 11) is -2.22. The van der Waals surface area contributed by atoms with Gasteiger partial charge in [-0.25, -0.2) is 18.4 Å². The van der Waals surface area contributed by atoms with Crippen molar-refractivity contribution in [1.82, 2.24) is 4.90 Å². The van der Waals surface area contributed by atoms with Crippen LogP contribution in [0.1, 0.15) is 18.5 Å². The van der Waals surface area contributed by atoms with Crippen molar-refractivity contribution in [2.45, 2.75) is 17.9 Å². The maximum Gasteiger partial charge on any atom is 0.322 e. The molecule has 1 unspecified atom stereocenters. The minimum Gasteiger partial charge on any atom is -0.321 e. The Labute approximate surface area is 150 Å². The van der Waals surface area contributed by atoms with Gasteiger partial charge in [0.05, 0.1) is 15.9 Å². The SMILES string of the molecule is CC(c1ccc(S(N)(=O)=O)cc1)N(C)C(=O)Nc1cccc([N+](=O)[O-])c1. The maximum absolute atomic E-state index is 12.4. The smallest absolute Gasteiger partial charge is 0.321 e. The van der Waals surface area contributed by atoms with Crippen LogP contribution in [0.4, 0.5) is 16.2 Å². The number of carbonyl (C=O) groups excluding carboxylic acids is 1. The van der Waals surface area contributed by atoms with Crippen LogP contribution < -0.4 is 10.5 Å². The van der Waals surface area contributed by atoms with E-state index in [2.05, 4.69) is 5.32 Å². The van der Waals surface area contributed by atoms with Gasteiger partial charge in [-0.05, 0) is 30.7 Å². The second-order valence-corrected chi connectivity index (χ2v) is 7.20. The molecule has 0 radical (unpaired) electrons. The molecule has 0 aromatic heterocycles. The van der Waals surface area contributed by atoms with E-state index in [1.54, 1.807) is 32.2 Å². The van der Waals surface area contributed by atoms with E-state index in [1.165, 1.54) is 35.2 Å². The molecular weight excluding hydrogens is 360 g/mol. The Balaban J connectivity index is 2.12. The van der Waals surface area contributed by atoms with Gasteiger partial charge in [0.25, 0.3) is 5.69 Å². The Kier molecular flexibility index (Phi) is 5.58. The zero-order valence-corrected chi connectivity index (χ0v) is 14.9. The van der Waals surface area contributed by atoms with E-state index >= 15 is 0 Å². The molecule has 0 saturated heterocycles. The van der Waals surface area contributed by atoms with Crippen molar-refractivity contribution in [1.29, 1.82) is 0 Å². The third kappa shape index (κ3) is 4.55. The number of sulfonamides is 1. The molecule has 0 aliphatic rings. The number of anilines is 1. The minimum atomic E-state index is -3.78. The second kappa shape index (κ2) is 7.50. The molecule has 0 spiro atoms. The van der Waals surface area contributed by atoms with Gasteiger partial charge in [0.1, 0.15) is 0 Å². The van der Waals surface area contributed by atoms with Gasteiger partial charge in [0, 0.05) is 24.9 Å². The summed E-state index contributed by atoms with van der Waals surface area (Å²) in [5, 5.41) is 18.4. The van der Waals surface area contributed by atoms with Crippen LogP contribution in [0.5, 0.6) is 0 Å². The number of benzene rings is 2. The van der Waals surface area contributed by atoms with E-state index in [4.69, 9.17) is 5.14 Å². The minimum absolute atomic E-state index is 0.0165. The summed E-state index contributed by atoms with van der Waals surface area (Å²) in [6, 6.07) is 10.7. The highest BCUT2D eigenvalue weighted by atomic mass is 32.2. The Morgan fingerprint density at radius 2 is 1.85 bits per heavy atom. The molecule has 2 rings (SSSR count). The highest BCUT2D eigenvalue weighted by molar-refractivity contribution is 7.89. The molecule has 0 aliphatic heterocycles. The molecule has 3 N–H and O–H groups in total. The number of nitrogens with two attached hydrogens (primary N) is 1. The lowest BCUT2D eigenvalue weighted by Crippen LogP contribution is -2.33. The van der Waals surface area contributed by atoms with Crippen LogP contribution in [0.3, 0.4) is 0 Å². The monoisotopic (exact) mass is 378 g/mol. The summed E-state index contributed by atoms with van der Waals surface area (Å²) in [6.45, 7) is 1.76. The van der Waals surface area contributed by atoms with Crippen LogP contribution in [-0.4, -0.2) is 31.3 Å². The number of primary sulfonamides is 1. The van der Waals surface area contributed by atoms with Gasteiger partial charge in [0.2, 0.25) is 10.0 Å². The first-order valence-electron chi connectivity index (χ1n) is 7.50. The van der Waals surface area contributed by atoms with Crippen LogP contribution in [0.2, 0.25) is 0 Å². The van der Waals surface area contributed by atoms with Crippen LogP contribution >= 0.6 is 0 Å². The van der Waals surface area contributed by atoms with Gasteiger partial charge in [-0.2, -0.15) is 0 Å². The van der Waals surface area contributed by atoms with E-state index < -0.39 is 21.0 Å². The van der Waals surface area contributed by atoms with Crippen molar-refractivity contribution in [2.75, 3.05) is 12.4 Å². The average molecular weight is 378 g/mol. The molecule has 0 aliphatic carbocycles. The van der Waals surface area contributed by atoms with Gasteiger partial charge in [-0.3, -0.25) is 10.1 Å². The molecule has 2 amide bonds. The van der Waals surface area contributed by atoms with Gasteiger partial charge in [-0.15, -0.1) is 0 Å². The van der Waals surface area contributed by atoms with Gasteiger partial charge in [0.15, 0.2) is 0 Å². The molecule has 9 nitrogen and oxygen atoms in total. The molecule has 0 saturated carbocycles. The number of non-ortho nitro benzene ring substituents is 1. The fourth-order valence-electron chi connectivity index (χ4n) is 2.24. The third-order valence-electron chi connectivity index (χ3n) is 3.90. The molecule has 2 aromatic carbocycles. The van der Waals surface area contributed by atoms with Crippen molar-refractivity contribution < 1.29 is 18.1 Å². The lowest BCUT2D eigenvalue weighted by Gasteiger charge is -2.25. The predicted molar refractivity (Wildman–Crippen MR) is 96.1 cm³/mol. The zero-order chi connectivity index (χ0) is 19.5. The summed E-state index contributed by atoms with van der Waals surface area (Å²) in [5.41, 5.74) is 0.874. The van der Waals surface area contributed by atoms with Crippen molar-refractivity contribution in [3.8, 4) is 0 Å². The Morgan fingerprint density at radius 1 is 1.23 bits per heavy atom. The van der Waals surface area contributed by atoms with Crippen molar-refractivity contribution in [2.24, 2.45) is 5.14 Å². The second-order valence-electron chi connectivity index (χ2n) is 5.64. The Morgan fingerprint density at radius 3 is 2.38 bits per heavy atom. The molecule has 10 heteroatoms. The number of carbonyl (C=O) groups is 1. The van der Waals surface area contributed by atoms with E-state index in [-0.39, 0.29) is 16.6 Å². The first-order valence-corrected chi connectivity index (χ1v) is 9.05. The summed E-state index contributed by atoms with van der Waals surface area (Å²) < 4.78 is 22.6. The van der Waals surface area contributed by atoms with Crippen LogP contribution in [0.15, 0.2) is 53.4 Å². The zero-order valence-electron chi connectivity index (χ0n) is 14.1.